The summed E-state index contributed by atoms with van der Waals surface area (Å²) < 4.78 is 32.1. The summed E-state index contributed by atoms with van der Waals surface area (Å²) in [5.74, 6) is 0.712. The van der Waals surface area contributed by atoms with Crippen LogP contribution in [0.1, 0.15) is 52.7 Å². The molecule has 0 heterocycles. The van der Waals surface area contributed by atoms with Crippen molar-refractivity contribution in [2.24, 2.45) is 4.40 Å². The Bertz CT molecular complexity index is 638. The van der Waals surface area contributed by atoms with Gasteiger partial charge in [-0.05, 0) is 59.2 Å². The van der Waals surface area contributed by atoms with Crippen molar-refractivity contribution < 1.29 is 23.6 Å². The lowest BCUT2D eigenvalue weighted by atomic mass is 10.0. The molecule has 146 valence electrons. The maximum Gasteiger partial charge on any atom is 0.310 e. The number of carbonyl (C=O) groups is 1. The fourth-order valence-electron chi connectivity index (χ4n) is 2.03. The molecule has 0 amide bonds. The van der Waals surface area contributed by atoms with E-state index < -0.39 is 16.1 Å². The predicted octanol–water partition coefficient (Wildman–Crippen LogP) is 3.47. The molecule has 1 aromatic carbocycles. The second kappa shape index (κ2) is 9.83. The van der Waals surface area contributed by atoms with Crippen LogP contribution in [-0.4, -0.2) is 41.3 Å². The third kappa shape index (κ3) is 6.88. The van der Waals surface area contributed by atoms with E-state index in [1.807, 2.05) is 34.6 Å². The van der Waals surface area contributed by atoms with Gasteiger partial charge in [-0.3, -0.25) is 4.79 Å². The molecule has 0 N–H and O–H groups in total. The van der Waals surface area contributed by atoms with Crippen LogP contribution in [0.15, 0.2) is 16.5 Å². The third-order valence-electron chi connectivity index (χ3n) is 3.24. The molecule has 0 spiro atoms. The van der Waals surface area contributed by atoms with Crippen LogP contribution in [-0.2, 0) is 27.3 Å². The van der Waals surface area contributed by atoms with E-state index in [-0.39, 0.29) is 18.5 Å². The van der Waals surface area contributed by atoms with Gasteiger partial charge in [0.05, 0.1) is 32.5 Å². The van der Waals surface area contributed by atoms with Crippen LogP contribution in [0.2, 0.25) is 0 Å². The van der Waals surface area contributed by atoms with Gasteiger partial charge < -0.3 is 18.8 Å². The molecular weight excluding hydrogens is 354 g/mol. The number of nitrogens with zero attached hydrogens (tertiary/aromatic N) is 1. The molecule has 26 heavy (non-hydrogen) atoms. The van der Waals surface area contributed by atoms with Gasteiger partial charge in [-0.25, -0.2) is 0 Å². The van der Waals surface area contributed by atoms with Gasteiger partial charge in [0.2, 0.25) is 0 Å². The van der Waals surface area contributed by atoms with Crippen LogP contribution in [0, 0.1) is 0 Å². The first-order valence-corrected chi connectivity index (χ1v) is 9.68. The van der Waals surface area contributed by atoms with E-state index >= 15 is 0 Å². The first-order valence-electron chi connectivity index (χ1n) is 8.57. The number of ether oxygens (including phenoxy) is 3. The molecule has 0 bridgehead atoms. The minimum Gasteiger partial charge on any atom is -0.591 e. The van der Waals surface area contributed by atoms with Crippen molar-refractivity contribution >= 4 is 23.5 Å². The van der Waals surface area contributed by atoms with Crippen LogP contribution in [0.3, 0.4) is 0 Å². The summed E-state index contributed by atoms with van der Waals surface area (Å²) >= 11 is -1.41. The van der Waals surface area contributed by atoms with Crippen LogP contribution in [0.5, 0.6) is 11.5 Å². The number of hydrogen-bond acceptors (Lipinski definition) is 6. The molecule has 0 fully saturated rings. The lowest BCUT2D eigenvalue weighted by Gasteiger charge is -2.19. The minimum absolute atomic E-state index is 0.0479. The van der Waals surface area contributed by atoms with E-state index in [9.17, 15) is 9.35 Å². The molecule has 6 nitrogen and oxygen atoms in total. The molecule has 0 aliphatic heterocycles. The van der Waals surface area contributed by atoms with E-state index in [1.54, 1.807) is 26.2 Å². The fraction of sp³-hybridized carbons (Fsp3) is 0.579. The Morgan fingerprint density at radius 1 is 1.31 bits per heavy atom. The number of hydrogen-bond donors (Lipinski definition) is 0. The average Bonchev–Trinajstić information content (AvgIpc) is 2.52. The third-order valence-corrected chi connectivity index (χ3v) is 4.58. The maximum atomic E-state index is 12.2. The van der Waals surface area contributed by atoms with Gasteiger partial charge in [0.15, 0.2) is 11.5 Å². The molecular formula is C19H29NO5S. The summed E-state index contributed by atoms with van der Waals surface area (Å²) in [7, 11) is 1.54. The highest BCUT2D eigenvalue weighted by atomic mass is 32.2. The smallest absolute Gasteiger partial charge is 0.310 e. The highest BCUT2D eigenvalue weighted by Crippen LogP contribution is 2.32. The van der Waals surface area contributed by atoms with Gasteiger partial charge in [0.25, 0.3) is 0 Å². The summed E-state index contributed by atoms with van der Waals surface area (Å²) in [6.45, 7) is 11.4. The molecule has 7 heteroatoms. The van der Waals surface area contributed by atoms with Crippen molar-refractivity contribution in [2.75, 3.05) is 13.7 Å². The predicted molar refractivity (Wildman–Crippen MR) is 105 cm³/mol. The van der Waals surface area contributed by atoms with Crippen molar-refractivity contribution in [2.45, 2.75) is 58.8 Å². The number of rotatable bonds is 8. The van der Waals surface area contributed by atoms with E-state index in [0.29, 0.717) is 29.2 Å². The first-order chi connectivity index (χ1) is 12.1. The molecule has 0 radical (unpaired) electrons. The Kier molecular flexibility index (Phi) is 8.43. The molecule has 1 aromatic rings. The Morgan fingerprint density at radius 2 is 1.96 bits per heavy atom. The van der Waals surface area contributed by atoms with Gasteiger partial charge in [-0.1, -0.05) is 4.40 Å². The van der Waals surface area contributed by atoms with Crippen LogP contribution >= 0.6 is 0 Å². The Balaban J connectivity index is 3.31. The summed E-state index contributed by atoms with van der Waals surface area (Å²) in [4.78, 5) is 11.9. The minimum atomic E-state index is -1.41. The topological polar surface area (TPSA) is 80.2 Å². The van der Waals surface area contributed by atoms with Crippen molar-refractivity contribution in [3.05, 3.63) is 23.3 Å². The van der Waals surface area contributed by atoms with E-state index in [0.717, 1.165) is 0 Å². The molecule has 0 aliphatic carbocycles. The molecule has 0 saturated carbocycles. The second-order valence-electron chi connectivity index (χ2n) is 6.95. The largest absolute Gasteiger partial charge is 0.591 e. The maximum absolute atomic E-state index is 12.2. The van der Waals surface area contributed by atoms with Gasteiger partial charge >= 0.3 is 5.97 Å². The molecule has 0 unspecified atom stereocenters. The SMILES string of the molecule is CCOC(=O)Cc1cc(OC)c(OC(C)C)cc1C=N[S@@+]([O-])C(C)(C)C. The summed E-state index contributed by atoms with van der Waals surface area (Å²) in [5, 5.41) is 0. The standard InChI is InChI=1S/C19H29NO5S/c1-8-24-18(21)11-14-9-16(23-7)17(25-13(2)3)10-15(14)12-20-26(22)19(4,5)6/h9-10,12-13H,8,11H2,1-7H3/t26-/m0/s1. The average molecular weight is 384 g/mol. The van der Waals surface area contributed by atoms with E-state index in [2.05, 4.69) is 4.40 Å². The molecule has 0 aromatic heterocycles. The first kappa shape index (κ1) is 22.3. The highest BCUT2D eigenvalue weighted by molar-refractivity contribution is 7.91. The zero-order valence-electron chi connectivity index (χ0n) is 16.6. The Labute approximate surface area is 159 Å². The molecule has 0 saturated heterocycles. The second-order valence-corrected chi connectivity index (χ2v) is 8.88. The molecule has 0 aliphatic rings. The van der Waals surface area contributed by atoms with Crippen LogP contribution < -0.4 is 9.47 Å². The summed E-state index contributed by atoms with van der Waals surface area (Å²) in [6, 6.07) is 3.48. The summed E-state index contributed by atoms with van der Waals surface area (Å²) in [6.07, 6.45) is 1.53. The molecule has 1 atom stereocenters. The number of carbonyl (C=O) groups excluding carboxylic acids is 1. The van der Waals surface area contributed by atoms with Crippen molar-refractivity contribution in [3.63, 3.8) is 0 Å². The van der Waals surface area contributed by atoms with Crippen LogP contribution in [0.4, 0.5) is 0 Å². The van der Waals surface area contributed by atoms with Crippen molar-refractivity contribution in [3.8, 4) is 11.5 Å². The van der Waals surface area contributed by atoms with Gasteiger partial charge in [0, 0.05) is 5.56 Å². The number of benzene rings is 1. The number of methoxy groups -OCH3 is 1. The lowest BCUT2D eigenvalue weighted by Crippen LogP contribution is -2.26. The lowest BCUT2D eigenvalue weighted by molar-refractivity contribution is -0.142. The summed E-state index contributed by atoms with van der Waals surface area (Å²) in [5.41, 5.74) is 1.32. The zero-order valence-corrected chi connectivity index (χ0v) is 17.4. The normalized spacial score (nSPS) is 13.1. The number of esters is 1. The monoisotopic (exact) mass is 383 g/mol. The Hall–Kier alpha value is -1.73. The van der Waals surface area contributed by atoms with Crippen molar-refractivity contribution in [1.29, 1.82) is 0 Å². The zero-order chi connectivity index (χ0) is 19.9. The Morgan fingerprint density at radius 3 is 2.46 bits per heavy atom. The van der Waals surface area contributed by atoms with Gasteiger partial charge in [-0.2, -0.15) is 0 Å². The quantitative estimate of drug-likeness (QED) is 0.390. The van der Waals surface area contributed by atoms with Gasteiger partial charge in [-0.15, -0.1) is 0 Å². The fourth-order valence-corrected chi connectivity index (χ4v) is 2.55. The van der Waals surface area contributed by atoms with Crippen molar-refractivity contribution in [1.82, 2.24) is 0 Å². The van der Waals surface area contributed by atoms with E-state index in [4.69, 9.17) is 14.2 Å². The van der Waals surface area contributed by atoms with Crippen LogP contribution in [0.25, 0.3) is 0 Å². The van der Waals surface area contributed by atoms with E-state index in [1.165, 1.54) is 6.21 Å². The highest BCUT2D eigenvalue weighted by Gasteiger charge is 2.26. The van der Waals surface area contributed by atoms with Gasteiger partial charge in [0.1, 0.15) is 16.1 Å². The molecule has 1 rings (SSSR count).